The van der Waals surface area contributed by atoms with Gasteiger partial charge in [-0.2, -0.15) is 0 Å². The molecule has 114 valence electrons. The predicted molar refractivity (Wildman–Crippen MR) is 83.8 cm³/mol. The Morgan fingerprint density at radius 3 is 2.76 bits per heavy atom. The number of aromatic nitrogens is 2. The third kappa shape index (κ3) is 3.42. The summed E-state index contributed by atoms with van der Waals surface area (Å²) in [4.78, 5) is 17.9. The van der Waals surface area contributed by atoms with E-state index in [9.17, 15) is 4.79 Å². The maximum Gasteiger partial charge on any atom is 0.335 e. The van der Waals surface area contributed by atoms with Gasteiger partial charge in [-0.05, 0) is 59.0 Å². The van der Waals surface area contributed by atoms with Crippen LogP contribution in [0.3, 0.4) is 0 Å². The molecular formula is C16H23N3O2. The van der Waals surface area contributed by atoms with E-state index in [0.29, 0.717) is 11.6 Å². The molecule has 0 atom stereocenters. The van der Waals surface area contributed by atoms with Crippen LogP contribution in [-0.4, -0.2) is 45.2 Å². The number of fused-ring (bicyclic) bond motifs is 1. The van der Waals surface area contributed by atoms with Crippen molar-refractivity contribution in [3.63, 3.8) is 0 Å². The number of hydrogen-bond acceptors (Lipinski definition) is 3. The molecule has 0 fully saturated rings. The van der Waals surface area contributed by atoms with Crippen LogP contribution < -0.4 is 0 Å². The lowest BCUT2D eigenvalue weighted by atomic mass is 10.2. The number of hydrogen-bond donors (Lipinski definition) is 1. The van der Waals surface area contributed by atoms with E-state index < -0.39 is 5.97 Å². The van der Waals surface area contributed by atoms with Gasteiger partial charge in [-0.25, -0.2) is 9.78 Å². The number of carboxylic acids is 1. The standard InChI is InChI=1S/C16H23N3O2/c1-11(2)18(4)8-5-9-19-12(3)17-14-7-6-13(16(20)21)10-15(14)19/h6-7,10-11H,5,8-9H2,1-4H3,(H,20,21). The first-order valence-corrected chi connectivity index (χ1v) is 7.30. The largest absolute Gasteiger partial charge is 0.478 e. The lowest BCUT2D eigenvalue weighted by Gasteiger charge is -2.21. The number of rotatable bonds is 6. The van der Waals surface area contributed by atoms with Crippen LogP contribution in [0.25, 0.3) is 11.0 Å². The summed E-state index contributed by atoms with van der Waals surface area (Å²) < 4.78 is 2.11. The van der Waals surface area contributed by atoms with Crippen molar-refractivity contribution in [2.45, 2.75) is 39.8 Å². The monoisotopic (exact) mass is 289 g/mol. The maximum atomic E-state index is 11.1. The summed E-state index contributed by atoms with van der Waals surface area (Å²) in [7, 11) is 2.12. The van der Waals surface area contributed by atoms with Crippen LogP contribution in [-0.2, 0) is 6.54 Å². The summed E-state index contributed by atoms with van der Waals surface area (Å²) in [6.45, 7) is 8.18. The molecule has 21 heavy (non-hydrogen) atoms. The molecule has 5 nitrogen and oxygen atoms in total. The van der Waals surface area contributed by atoms with Crippen molar-refractivity contribution in [2.24, 2.45) is 0 Å². The number of benzene rings is 1. The normalized spacial score (nSPS) is 11.7. The van der Waals surface area contributed by atoms with E-state index in [1.54, 1.807) is 18.2 Å². The molecule has 0 aliphatic rings. The Balaban J connectivity index is 2.20. The minimum Gasteiger partial charge on any atom is -0.478 e. The molecule has 0 amide bonds. The first-order valence-electron chi connectivity index (χ1n) is 7.30. The fourth-order valence-corrected chi connectivity index (χ4v) is 2.39. The number of aromatic carboxylic acids is 1. The van der Waals surface area contributed by atoms with Gasteiger partial charge >= 0.3 is 5.97 Å². The average molecular weight is 289 g/mol. The van der Waals surface area contributed by atoms with Crippen LogP contribution in [0.15, 0.2) is 18.2 Å². The molecule has 0 saturated carbocycles. The summed E-state index contributed by atoms with van der Waals surface area (Å²) in [6, 6.07) is 5.63. The van der Waals surface area contributed by atoms with E-state index in [-0.39, 0.29) is 0 Å². The molecule has 0 aliphatic heterocycles. The highest BCUT2D eigenvalue weighted by Gasteiger charge is 2.11. The van der Waals surface area contributed by atoms with Crippen LogP contribution in [0.4, 0.5) is 0 Å². The topological polar surface area (TPSA) is 58.4 Å². The minimum absolute atomic E-state index is 0.308. The third-order valence-electron chi connectivity index (χ3n) is 3.96. The van der Waals surface area contributed by atoms with Gasteiger partial charge in [-0.15, -0.1) is 0 Å². The lowest BCUT2D eigenvalue weighted by Crippen LogP contribution is -2.28. The molecule has 0 saturated heterocycles. The molecule has 0 unspecified atom stereocenters. The second-order valence-electron chi connectivity index (χ2n) is 5.75. The fraction of sp³-hybridized carbons (Fsp3) is 0.500. The summed E-state index contributed by atoms with van der Waals surface area (Å²) in [5.74, 6) is 0.0292. The van der Waals surface area contributed by atoms with Crippen molar-refractivity contribution in [1.29, 1.82) is 0 Å². The number of carboxylic acid groups (broad SMARTS) is 1. The number of carbonyl (C=O) groups is 1. The van der Waals surface area contributed by atoms with Crippen molar-refractivity contribution in [2.75, 3.05) is 13.6 Å². The molecule has 0 spiro atoms. The molecule has 0 radical (unpaired) electrons. The van der Waals surface area contributed by atoms with Crippen LogP contribution >= 0.6 is 0 Å². The van der Waals surface area contributed by atoms with Gasteiger partial charge in [0.15, 0.2) is 0 Å². The van der Waals surface area contributed by atoms with Gasteiger partial charge in [0, 0.05) is 12.6 Å². The van der Waals surface area contributed by atoms with E-state index in [0.717, 1.165) is 36.4 Å². The Labute approximate surface area is 125 Å². The first kappa shape index (κ1) is 15.5. The molecule has 5 heteroatoms. The van der Waals surface area contributed by atoms with Gasteiger partial charge in [0.1, 0.15) is 5.82 Å². The highest BCUT2D eigenvalue weighted by molar-refractivity contribution is 5.92. The summed E-state index contributed by atoms with van der Waals surface area (Å²) in [5, 5.41) is 9.12. The van der Waals surface area contributed by atoms with E-state index in [1.165, 1.54) is 0 Å². The van der Waals surface area contributed by atoms with Crippen molar-refractivity contribution >= 4 is 17.0 Å². The van der Waals surface area contributed by atoms with E-state index in [4.69, 9.17) is 5.11 Å². The minimum atomic E-state index is -0.901. The van der Waals surface area contributed by atoms with E-state index in [1.807, 2.05) is 6.92 Å². The molecule has 1 aromatic heterocycles. The highest BCUT2D eigenvalue weighted by atomic mass is 16.4. The van der Waals surface area contributed by atoms with Crippen molar-refractivity contribution < 1.29 is 9.90 Å². The van der Waals surface area contributed by atoms with Crippen LogP contribution in [0.1, 0.15) is 36.5 Å². The second-order valence-corrected chi connectivity index (χ2v) is 5.75. The van der Waals surface area contributed by atoms with Crippen LogP contribution in [0, 0.1) is 6.92 Å². The number of nitrogens with zero attached hydrogens (tertiary/aromatic N) is 3. The van der Waals surface area contributed by atoms with Gasteiger partial charge < -0.3 is 14.6 Å². The zero-order chi connectivity index (χ0) is 15.6. The van der Waals surface area contributed by atoms with Crippen molar-refractivity contribution in [3.05, 3.63) is 29.6 Å². The Morgan fingerprint density at radius 1 is 1.43 bits per heavy atom. The van der Waals surface area contributed by atoms with Gasteiger partial charge in [-0.1, -0.05) is 0 Å². The molecule has 0 aliphatic carbocycles. The molecule has 1 heterocycles. The van der Waals surface area contributed by atoms with Gasteiger partial charge in [0.2, 0.25) is 0 Å². The van der Waals surface area contributed by atoms with Crippen molar-refractivity contribution in [3.8, 4) is 0 Å². The lowest BCUT2D eigenvalue weighted by molar-refractivity contribution is 0.0697. The molecule has 1 N–H and O–H groups in total. The zero-order valence-electron chi connectivity index (χ0n) is 13.1. The van der Waals surface area contributed by atoms with E-state index in [2.05, 4.69) is 35.3 Å². The molecule has 2 rings (SSSR count). The number of imidazole rings is 1. The predicted octanol–water partition coefficient (Wildman–Crippen LogP) is 2.77. The van der Waals surface area contributed by atoms with Crippen molar-refractivity contribution in [1.82, 2.24) is 14.5 Å². The van der Waals surface area contributed by atoms with E-state index >= 15 is 0 Å². The highest BCUT2D eigenvalue weighted by Crippen LogP contribution is 2.18. The van der Waals surface area contributed by atoms with Gasteiger partial charge in [-0.3, -0.25) is 0 Å². The Bertz CT molecular complexity index is 646. The fourth-order valence-electron chi connectivity index (χ4n) is 2.39. The summed E-state index contributed by atoms with van der Waals surface area (Å²) in [6.07, 6.45) is 1.01. The average Bonchev–Trinajstić information content (AvgIpc) is 2.73. The zero-order valence-corrected chi connectivity index (χ0v) is 13.1. The van der Waals surface area contributed by atoms with Gasteiger partial charge in [0.05, 0.1) is 16.6 Å². The molecule has 1 aromatic carbocycles. The van der Waals surface area contributed by atoms with Crippen LogP contribution in [0.2, 0.25) is 0 Å². The van der Waals surface area contributed by atoms with Crippen LogP contribution in [0.5, 0.6) is 0 Å². The molecule has 0 bridgehead atoms. The third-order valence-corrected chi connectivity index (χ3v) is 3.96. The van der Waals surface area contributed by atoms with Gasteiger partial charge in [0.25, 0.3) is 0 Å². The first-order chi connectivity index (χ1) is 9.90. The second kappa shape index (κ2) is 6.26. The SMILES string of the molecule is Cc1nc2ccc(C(=O)O)cc2n1CCCN(C)C(C)C. The molecular weight excluding hydrogens is 266 g/mol. The maximum absolute atomic E-state index is 11.1. The Morgan fingerprint density at radius 2 is 2.14 bits per heavy atom. The smallest absolute Gasteiger partial charge is 0.335 e. The summed E-state index contributed by atoms with van der Waals surface area (Å²) in [5.41, 5.74) is 2.07. The Kier molecular flexibility index (Phi) is 4.63. The quantitative estimate of drug-likeness (QED) is 0.888. The Hall–Kier alpha value is -1.88. The summed E-state index contributed by atoms with van der Waals surface area (Å²) >= 11 is 0. The molecule has 2 aromatic rings. The number of aryl methyl sites for hydroxylation is 2.